The fourth-order valence-electron chi connectivity index (χ4n) is 0.717. The largest absolute Gasteiger partial charge is 0.480 e. The molecule has 3 N–H and O–H groups in total. The maximum absolute atomic E-state index is 10.7. The molecule has 0 aromatic heterocycles. The van der Waals surface area contributed by atoms with Crippen molar-refractivity contribution in [1.82, 2.24) is 10.6 Å². The van der Waals surface area contributed by atoms with Gasteiger partial charge in [-0.05, 0) is 0 Å². The maximum Gasteiger partial charge on any atom is 0.328 e. The monoisotopic (exact) mass is 220 g/mol. The molecular formula is C7H12N2O4S. The molecule has 0 heterocycles. The van der Waals surface area contributed by atoms with E-state index in [9.17, 15) is 14.4 Å². The Kier molecular flexibility index (Phi) is 5.70. The number of carbonyl (C=O) groups is 3. The zero-order valence-corrected chi connectivity index (χ0v) is 8.51. The van der Waals surface area contributed by atoms with Crippen LogP contribution in [0.15, 0.2) is 0 Å². The van der Waals surface area contributed by atoms with Crippen LogP contribution >= 0.6 is 12.6 Å². The average Bonchev–Trinajstić information content (AvgIpc) is 2.10. The molecule has 0 saturated carbocycles. The van der Waals surface area contributed by atoms with Crippen molar-refractivity contribution in [2.75, 3.05) is 12.3 Å². The van der Waals surface area contributed by atoms with Gasteiger partial charge in [-0.1, -0.05) is 0 Å². The van der Waals surface area contributed by atoms with Crippen LogP contribution in [0.1, 0.15) is 6.92 Å². The second-order valence-electron chi connectivity index (χ2n) is 2.55. The number of carbonyl (C=O) groups excluding carboxylic acids is 2. The topological polar surface area (TPSA) is 95.5 Å². The molecule has 0 spiro atoms. The summed E-state index contributed by atoms with van der Waals surface area (Å²) in [5.41, 5.74) is 0. The predicted octanol–water partition coefficient (Wildman–Crippen LogP) is -1.38. The Labute approximate surface area is 86.5 Å². The van der Waals surface area contributed by atoms with Crippen molar-refractivity contribution in [2.45, 2.75) is 13.0 Å². The van der Waals surface area contributed by atoms with E-state index in [1.807, 2.05) is 0 Å². The van der Waals surface area contributed by atoms with Crippen LogP contribution in [0.2, 0.25) is 0 Å². The minimum Gasteiger partial charge on any atom is -0.480 e. The van der Waals surface area contributed by atoms with Crippen LogP contribution < -0.4 is 10.6 Å². The Morgan fingerprint density at radius 3 is 2.36 bits per heavy atom. The molecular weight excluding hydrogens is 208 g/mol. The second kappa shape index (κ2) is 6.25. The van der Waals surface area contributed by atoms with Gasteiger partial charge in [0, 0.05) is 13.5 Å². The van der Waals surface area contributed by atoms with E-state index in [1.165, 1.54) is 6.92 Å². The predicted molar refractivity (Wildman–Crippen MR) is 52.1 cm³/mol. The number of carboxylic acids is 1. The molecule has 80 valence electrons. The van der Waals surface area contributed by atoms with Crippen molar-refractivity contribution in [3.63, 3.8) is 0 Å². The highest BCUT2D eigenvalue weighted by Gasteiger charge is 2.18. The van der Waals surface area contributed by atoms with Gasteiger partial charge in [-0.3, -0.25) is 9.59 Å². The van der Waals surface area contributed by atoms with Crippen LogP contribution in [0.25, 0.3) is 0 Å². The van der Waals surface area contributed by atoms with Gasteiger partial charge in [0.1, 0.15) is 6.04 Å². The highest BCUT2D eigenvalue weighted by molar-refractivity contribution is 7.81. The molecule has 0 radical (unpaired) electrons. The first-order valence-corrected chi connectivity index (χ1v) is 4.48. The summed E-state index contributed by atoms with van der Waals surface area (Å²) in [5, 5.41) is 13.1. The Morgan fingerprint density at radius 1 is 1.43 bits per heavy atom. The lowest BCUT2D eigenvalue weighted by Crippen LogP contribution is -2.47. The molecule has 0 saturated heterocycles. The lowest BCUT2D eigenvalue weighted by atomic mass is 10.3. The highest BCUT2D eigenvalue weighted by Crippen LogP contribution is 1.83. The summed E-state index contributed by atoms with van der Waals surface area (Å²) in [6.07, 6.45) is 0. The number of hydrogen-bond donors (Lipinski definition) is 4. The highest BCUT2D eigenvalue weighted by atomic mass is 32.1. The molecule has 0 aromatic rings. The third-order valence-corrected chi connectivity index (χ3v) is 1.61. The smallest absolute Gasteiger partial charge is 0.328 e. The molecule has 1 atom stereocenters. The number of hydrogen-bond acceptors (Lipinski definition) is 4. The van der Waals surface area contributed by atoms with Crippen molar-refractivity contribution in [3.05, 3.63) is 0 Å². The maximum atomic E-state index is 10.7. The van der Waals surface area contributed by atoms with Gasteiger partial charge in [-0.2, -0.15) is 12.6 Å². The summed E-state index contributed by atoms with van der Waals surface area (Å²) in [4.78, 5) is 31.9. The minimum absolute atomic E-state index is 0.0214. The van der Waals surface area contributed by atoms with E-state index in [-0.39, 0.29) is 18.2 Å². The molecule has 0 aromatic carbocycles. The van der Waals surface area contributed by atoms with E-state index >= 15 is 0 Å². The number of rotatable bonds is 5. The van der Waals surface area contributed by atoms with Crippen molar-refractivity contribution in [1.29, 1.82) is 0 Å². The summed E-state index contributed by atoms with van der Waals surface area (Å²) in [5.74, 6) is -2.06. The molecule has 0 bridgehead atoms. The number of carboxylic acid groups (broad SMARTS) is 1. The second-order valence-corrected chi connectivity index (χ2v) is 2.87. The Bertz CT molecular complexity index is 244. The van der Waals surface area contributed by atoms with Crippen molar-refractivity contribution in [3.8, 4) is 0 Å². The molecule has 0 fully saturated rings. The standard InChI is InChI=1S/C7H12N2O4S/c1-4(10)9-5(7(12)13)2-8-6(11)3-14/h5,14H,2-3H2,1H3,(H,8,11)(H,9,10)(H,12,13). The molecule has 2 amide bonds. The first-order valence-electron chi connectivity index (χ1n) is 3.84. The fraction of sp³-hybridized carbons (Fsp3) is 0.571. The zero-order valence-electron chi connectivity index (χ0n) is 7.61. The summed E-state index contributed by atoms with van der Waals surface area (Å²) in [7, 11) is 0. The van der Waals surface area contributed by atoms with E-state index in [4.69, 9.17) is 5.11 Å². The lowest BCUT2D eigenvalue weighted by molar-refractivity contribution is -0.141. The quantitative estimate of drug-likeness (QED) is 0.429. The summed E-state index contributed by atoms with van der Waals surface area (Å²) in [6, 6.07) is -1.10. The van der Waals surface area contributed by atoms with Gasteiger partial charge in [0.2, 0.25) is 11.8 Å². The SMILES string of the molecule is CC(=O)NC(CNC(=O)CS)C(=O)O. The third kappa shape index (κ3) is 5.41. The number of nitrogens with one attached hydrogen (secondary N) is 2. The molecule has 7 heteroatoms. The van der Waals surface area contributed by atoms with E-state index < -0.39 is 17.9 Å². The molecule has 0 aliphatic carbocycles. The van der Waals surface area contributed by atoms with E-state index in [0.29, 0.717) is 0 Å². The molecule has 14 heavy (non-hydrogen) atoms. The van der Waals surface area contributed by atoms with E-state index in [2.05, 4.69) is 23.3 Å². The van der Waals surface area contributed by atoms with Crippen molar-refractivity contribution < 1.29 is 19.5 Å². The number of amides is 2. The van der Waals surface area contributed by atoms with Crippen LogP contribution in [0.3, 0.4) is 0 Å². The van der Waals surface area contributed by atoms with Crippen molar-refractivity contribution >= 4 is 30.4 Å². The molecule has 6 nitrogen and oxygen atoms in total. The van der Waals surface area contributed by atoms with Crippen LogP contribution in [0, 0.1) is 0 Å². The van der Waals surface area contributed by atoms with Crippen molar-refractivity contribution in [2.24, 2.45) is 0 Å². The Balaban J connectivity index is 4.04. The molecule has 0 aliphatic rings. The summed E-state index contributed by atoms with van der Waals surface area (Å²) < 4.78 is 0. The minimum atomic E-state index is -1.19. The first kappa shape index (κ1) is 12.8. The van der Waals surface area contributed by atoms with Gasteiger partial charge < -0.3 is 15.7 Å². The first-order chi connectivity index (χ1) is 6.47. The van der Waals surface area contributed by atoms with Gasteiger partial charge >= 0.3 is 5.97 Å². The van der Waals surface area contributed by atoms with Gasteiger partial charge in [-0.25, -0.2) is 4.79 Å². The van der Waals surface area contributed by atoms with Gasteiger partial charge in [0.05, 0.1) is 5.75 Å². The lowest BCUT2D eigenvalue weighted by Gasteiger charge is -2.13. The van der Waals surface area contributed by atoms with Crippen LogP contribution in [-0.2, 0) is 14.4 Å². The normalized spacial score (nSPS) is 11.6. The number of aliphatic carboxylic acids is 1. The Hall–Kier alpha value is -1.24. The van der Waals surface area contributed by atoms with Crippen LogP contribution in [-0.4, -0.2) is 41.2 Å². The van der Waals surface area contributed by atoms with E-state index in [1.54, 1.807) is 0 Å². The van der Waals surface area contributed by atoms with E-state index in [0.717, 1.165) is 0 Å². The molecule has 1 unspecified atom stereocenters. The Morgan fingerprint density at radius 2 is 2.00 bits per heavy atom. The van der Waals surface area contributed by atoms with Gasteiger partial charge in [0.25, 0.3) is 0 Å². The third-order valence-electron chi connectivity index (χ3n) is 1.32. The summed E-state index contributed by atoms with van der Waals surface area (Å²) >= 11 is 3.69. The molecule has 0 rings (SSSR count). The van der Waals surface area contributed by atoms with Crippen LogP contribution in [0.5, 0.6) is 0 Å². The van der Waals surface area contributed by atoms with Crippen LogP contribution in [0.4, 0.5) is 0 Å². The summed E-state index contributed by atoms with van der Waals surface area (Å²) in [6.45, 7) is 1.06. The average molecular weight is 220 g/mol. The fourth-order valence-corrected chi connectivity index (χ4v) is 0.829. The van der Waals surface area contributed by atoms with Gasteiger partial charge in [0.15, 0.2) is 0 Å². The zero-order chi connectivity index (χ0) is 11.1. The number of thiol groups is 1. The van der Waals surface area contributed by atoms with Gasteiger partial charge in [-0.15, -0.1) is 0 Å². The molecule has 0 aliphatic heterocycles.